The lowest BCUT2D eigenvalue weighted by Gasteiger charge is -2.60. The first-order valence-corrected chi connectivity index (χ1v) is 5.19. The predicted octanol–water partition coefficient (Wildman–Crippen LogP) is 4.87. The van der Waals surface area contributed by atoms with Crippen LogP contribution in [0.1, 0.15) is 0 Å². The van der Waals surface area contributed by atoms with Gasteiger partial charge < -0.3 is 0 Å². The molecule has 14 heteroatoms. The first kappa shape index (κ1) is 18.6. The van der Waals surface area contributed by atoms with Crippen LogP contribution >= 0.6 is 15.9 Å². The van der Waals surface area contributed by atoms with Crippen molar-refractivity contribution in [2.45, 2.75) is 40.1 Å². The summed E-state index contributed by atoms with van der Waals surface area (Å²) in [4.78, 5) is 0. The Morgan fingerprint density at radius 2 is 0.762 bits per heavy atom. The molecule has 1 rings (SSSR count). The Kier molecular flexibility index (Phi) is 3.46. The van der Waals surface area contributed by atoms with Gasteiger partial charge in [-0.15, -0.1) is 0 Å². The van der Waals surface area contributed by atoms with Crippen molar-refractivity contribution in [3.05, 3.63) is 0 Å². The van der Waals surface area contributed by atoms with Crippen LogP contribution in [0.3, 0.4) is 0 Å². The Morgan fingerprint density at radius 1 is 0.524 bits per heavy atom. The van der Waals surface area contributed by atoms with Gasteiger partial charge in [0.2, 0.25) is 4.32 Å². The minimum Gasteiger partial charge on any atom is -0.221 e. The summed E-state index contributed by atoms with van der Waals surface area (Å²) in [6.45, 7) is 0. The molecule has 1 aliphatic carbocycles. The second kappa shape index (κ2) is 3.91. The minimum atomic E-state index is -7.38. The van der Waals surface area contributed by atoms with Crippen molar-refractivity contribution >= 4 is 15.9 Å². The standard InChI is InChI=1S/C7BrF13/c8-1(2(9,6(16,17)18)7(19,20)21)3(10,11)5(14,15)4(1,12)13. The van der Waals surface area contributed by atoms with Crippen molar-refractivity contribution in [1.82, 2.24) is 0 Å². The summed E-state index contributed by atoms with van der Waals surface area (Å²) >= 11 is 0.586. The van der Waals surface area contributed by atoms with Crippen molar-refractivity contribution in [2.24, 2.45) is 0 Å². The quantitative estimate of drug-likeness (QED) is 0.427. The van der Waals surface area contributed by atoms with Gasteiger partial charge in [0.05, 0.1) is 0 Å². The third kappa shape index (κ3) is 1.54. The van der Waals surface area contributed by atoms with E-state index >= 15 is 0 Å². The molecule has 0 spiro atoms. The van der Waals surface area contributed by atoms with Gasteiger partial charge in [0.25, 0.3) is 0 Å². The van der Waals surface area contributed by atoms with Gasteiger partial charge in [-0.2, -0.15) is 52.7 Å². The van der Waals surface area contributed by atoms with Crippen LogP contribution in [0.25, 0.3) is 0 Å². The summed E-state index contributed by atoms with van der Waals surface area (Å²) in [5.41, 5.74) is -7.33. The molecule has 1 aliphatic rings. The fourth-order valence-corrected chi connectivity index (χ4v) is 2.70. The van der Waals surface area contributed by atoms with Crippen LogP contribution in [0.5, 0.6) is 0 Å². The van der Waals surface area contributed by atoms with Crippen LogP contribution in [0.2, 0.25) is 0 Å². The van der Waals surface area contributed by atoms with E-state index in [-0.39, 0.29) is 0 Å². The van der Waals surface area contributed by atoms with Crippen LogP contribution in [-0.2, 0) is 0 Å². The first-order valence-electron chi connectivity index (χ1n) is 4.40. The molecular formula is C7BrF13. The van der Waals surface area contributed by atoms with E-state index in [1.54, 1.807) is 0 Å². The summed E-state index contributed by atoms with van der Waals surface area (Å²) in [6.07, 6.45) is -14.8. The predicted molar refractivity (Wildman–Crippen MR) is 42.4 cm³/mol. The molecule has 0 aliphatic heterocycles. The Labute approximate surface area is 114 Å². The van der Waals surface area contributed by atoms with Crippen molar-refractivity contribution < 1.29 is 57.1 Å². The van der Waals surface area contributed by atoms with E-state index in [1.807, 2.05) is 0 Å². The maximum Gasteiger partial charge on any atom is 0.433 e. The Hall–Kier alpha value is -0.430. The fraction of sp³-hybridized carbons (Fsp3) is 1.00. The molecule has 21 heavy (non-hydrogen) atoms. The maximum absolute atomic E-state index is 13.4. The Balaban J connectivity index is 3.76. The summed E-state index contributed by atoms with van der Waals surface area (Å²) in [6, 6.07) is 0. The van der Waals surface area contributed by atoms with Crippen molar-refractivity contribution in [3.63, 3.8) is 0 Å². The van der Waals surface area contributed by atoms with Crippen molar-refractivity contribution in [1.29, 1.82) is 0 Å². The fourth-order valence-electron chi connectivity index (χ4n) is 1.75. The molecule has 0 bridgehead atoms. The lowest BCUT2D eigenvalue weighted by molar-refractivity contribution is -0.477. The largest absolute Gasteiger partial charge is 0.433 e. The third-order valence-corrected chi connectivity index (χ3v) is 4.45. The van der Waals surface area contributed by atoms with E-state index in [4.69, 9.17) is 0 Å². The van der Waals surface area contributed by atoms with E-state index in [2.05, 4.69) is 0 Å². The SMILES string of the molecule is FC(F)(F)C(F)(C(F)(F)F)C1(Br)C(F)(F)C(F)(F)C1(F)F. The van der Waals surface area contributed by atoms with Gasteiger partial charge in [0.15, 0.2) is 0 Å². The first-order chi connectivity index (χ1) is 8.75. The molecule has 0 aromatic carbocycles. The van der Waals surface area contributed by atoms with Gasteiger partial charge in [-0.05, 0) is 0 Å². The molecule has 0 aromatic rings. The second-order valence-electron chi connectivity index (χ2n) is 4.04. The summed E-state index contributed by atoms with van der Waals surface area (Å²) < 4.78 is 157. The smallest absolute Gasteiger partial charge is 0.221 e. The van der Waals surface area contributed by atoms with Crippen molar-refractivity contribution in [3.8, 4) is 0 Å². The monoisotopic (exact) mass is 410 g/mol. The molecule has 0 amide bonds. The zero-order chi connectivity index (χ0) is 17.5. The molecule has 0 radical (unpaired) electrons. The molecule has 0 saturated heterocycles. The molecule has 0 nitrogen and oxygen atoms in total. The van der Waals surface area contributed by atoms with Gasteiger partial charge in [0, 0.05) is 0 Å². The number of hydrogen-bond donors (Lipinski definition) is 0. The van der Waals surface area contributed by atoms with E-state index in [1.165, 1.54) is 0 Å². The highest BCUT2D eigenvalue weighted by molar-refractivity contribution is 9.10. The summed E-state index contributed by atoms with van der Waals surface area (Å²) in [5, 5.41) is 0. The van der Waals surface area contributed by atoms with Gasteiger partial charge in [-0.25, -0.2) is 4.39 Å². The Morgan fingerprint density at radius 3 is 0.952 bits per heavy atom. The molecule has 0 aromatic heterocycles. The normalized spacial score (nSPS) is 27.1. The summed E-state index contributed by atoms with van der Waals surface area (Å²) in [5.74, 6) is -20.0. The van der Waals surface area contributed by atoms with Crippen molar-refractivity contribution in [2.75, 3.05) is 0 Å². The maximum atomic E-state index is 13.4. The molecule has 126 valence electrons. The molecule has 1 fully saturated rings. The average Bonchev–Trinajstić information content (AvgIpc) is 2.21. The molecule has 0 heterocycles. The number of hydrogen-bond acceptors (Lipinski definition) is 0. The topological polar surface area (TPSA) is 0 Å². The highest BCUT2D eigenvalue weighted by Gasteiger charge is 3.08. The zero-order valence-electron chi connectivity index (χ0n) is 8.79. The van der Waals surface area contributed by atoms with Crippen LogP contribution in [-0.4, -0.2) is 40.1 Å². The number of halogens is 14. The van der Waals surface area contributed by atoms with E-state index < -0.39 is 40.1 Å². The van der Waals surface area contributed by atoms with Crippen LogP contribution in [0.4, 0.5) is 57.1 Å². The van der Waals surface area contributed by atoms with E-state index in [0.717, 1.165) is 0 Å². The third-order valence-electron chi connectivity index (χ3n) is 2.91. The van der Waals surface area contributed by atoms with Crippen LogP contribution < -0.4 is 0 Å². The second-order valence-corrected chi connectivity index (χ2v) is 5.23. The number of alkyl halides is 14. The Bertz CT molecular complexity index is 410. The molecular weight excluding hydrogens is 411 g/mol. The van der Waals surface area contributed by atoms with Crippen LogP contribution in [0.15, 0.2) is 0 Å². The number of rotatable bonds is 1. The highest BCUT2D eigenvalue weighted by atomic mass is 79.9. The van der Waals surface area contributed by atoms with E-state index in [9.17, 15) is 57.1 Å². The summed E-state index contributed by atoms with van der Waals surface area (Å²) in [7, 11) is 0. The minimum absolute atomic E-state index is 0.586. The molecule has 1 saturated carbocycles. The molecule has 0 unspecified atom stereocenters. The van der Waals surface area contributed by atoms with Crippen LogP contribution in [0, 0.1) is 0 Å². The highest BCUT2D eigenvalue weighted by Crippen LogP contribution is 2.78. The molecule has 0 N–H and O–H groups in total. The van der Waals surface area contributed by atoms with Gasteiger partial charge in [-0.3, -0.25) is 0 Å². The van der Waals surface area contributed by atoms with Gasteiger partial charge >= 0.3 is 35.8 Å². The zero-order valence-corrected chi connectivity index (χ0v) is 10.4. The molecule has 0 atom stereocenters. The average molecular weight is 411 g/mol. The van der Waals surface area contributed by atoms with Gasteiger partial charge in [-0.1, -0.05) is 15.9 Å². The lowest BCUT2D eigenvalue weighted by Crippen LogP contribution is -2.92. The van der Waals surface area contributed by atoms with Gasteiger partial charge in [0.1, 0.15) is 0 Å². The lowest BCUT2D eigenvalue weighted by atomic mass is 9.63. The van der Waals surface area contributed by atoms with E-state index in [0.29, 0.717) is 15.9 Å².